The Kier molecular flexibility index (Phi) is 6.32. The molecule has 2 amide bonds. The molecule has 0 spiro atoms. The summed E-state index contributed by atoms with van der Waals surface area (Å²) in [5.41, 5.74) is 0.390. The minimum absolute atomic E-state index is 0.0324. The van der Waals surface area contributed by atoms with Crippen molar-refractivity contribution in [1.82, 2.24) is 14.9 Å². The molecule has 0 atom stereocenters. The normalized spacial score (nSPS) is 14.7. The van der Waals surface area contributed by atoms with Gasteiger partial charge >= 0.3 is 0 Å². The maximum Gasteiger partial charge on any atom is 0.262 e. The summed E-state index contributed by atoms with van der Waals surface area (Å²) in [5.74, 6) is -0.742. The van der Waals surface area contributed by atoms with Crippen LogP contribution < -0.4 is 10.6 Å². The van der Waals surface area contributed by atoms with E-state index >= 15 is 0 Å². The molecule has 28 heavy (non-hydrogen) atoms. The van der Waals surface area contributed by atoms with Gasteiger partial charge in [0.05, 0.1) is 0 Å². The number of carbonyl (C=O) groups is 2. The Labute approximate surface area is 167 Å². The van der Waals surface area contributed by atoms with Crippen LogP contribution in [0.4, 0.5) is 0 Å². The van der Waals surface area contributed by atoms with E-state index in [1.807, 2.05) is 0 Å². The lowest BCUT2D eigenvalue weighted by Gasteiger charge is -2.15. The molecule has 10 heteroatoms. The van der Waals surface area contributed by atoms with Crippen molar-refractivity contribution in [3.63, 3.8) is 0 Å². The Morgan fingerprint density at radius 2 is 1.61 bits per heavy atom. The Balaban J connectivity index is 1.54. The fraction of sp³-hybridized carbons (Fsp3) is 0.333. The van der Waals surface area contributed by atoms with Crippen molar-refractivity contribution in [2.24, 2.45) is 0 Å². The van der Waals surface area contributed by atoms with E-state index in [1.165, 1.54) is 34.6 Å². The maximum atomic E-state index is 12.7. The first kappa shape index (κ1) is 20.3. The highest BCUT2D eigenvalue weighted by Crippen LogP contribution is 2.27. The van der Waals surface area contributed by atoms with Gasteiger partial charge in [0.2, 0.25) is 10.0 Å². The van der Waals surface area contributed by atoms with E-state index in [1.54, 1.807) is 5.38 Å². The molecule has 1 fully saturated rings. The molecule has 150 valence electrons. The Hall–Kier alpha value is -2.43. The molecule has 0 aliphatic carbocycles. The summed E-state index contributed by atoms with van der Waals surface area (Å²) in [6.45, 7) is 1.29. The lowest BCUT2D eigenvalue weighted by atomic mass is 10.2. The van der Waals surface area contributed by atoms with E-state index in [2.05, 4.69) is 10.6 Å². The number of sulfonamides is 1. The van der Waals surface area contributed by atoms with E-state index in [-0.39, 0.29) is 34.5 Å². The van der Waals surface area contributed by atoms with Crippen molar-refractivity contribution in [3.05, 3.63) is 46.2 Å². The van der Waals surface area contributed by atoms with E-state index in [4.69, 9.17) is 0 Å². The molecule has 3 N–H and O–H groups in total. The second kappa shape index (κ2) is 8.72. The van der Waals surface area contributed by atoms with Crippen molar-refractivity contribution >= 4 is 33.2 Å². The topological polar surface area (TPSA) is 116 Å². The number of thiophene rings is 1. The Morgan fingerprint density at radius 3 is 2.25 bits per heavy atom. The highest BCUT2D eigenvalue weighted by atomic mass is 32.2. The highest BCUT2D eigenvalue weighted by Gasteiger charge is 2.31. The number of nitrogens with zero attached hydrogens (tertiary/aromatic N) is 1. The molecule has 1 aromatic heterocycles. The van der Waals surface area contributed by atoms with Crippen LogP contribution in [0.2, 0.25) is 0 Å². The minimum atomic E-state index is -3.66. The van der Waals surface area contributed by atoms with Gasteiger partial charge in [-0.15, -0.1) is 11.3 Å². The van der Waals surface area contributed by atoms with Gasteiger partial charge < -0.3 is 15.7 Å². The average molecular weight is 424 g/mol. The molecule has 1 aromatic carbocycles. The monoisotopic (exact) mass is 423 g/mol. The maximum absolute atomic E-state index is 12.7. The van der Waals surface area contributed by atoms with Gasteiger partial charge in [-0.05, 0) is 48.6 Å². The van der Waals surface area contributed by atoms with Crippen LogP contribution in [0.3, 0.4) is 0 Å². The van der Waals surface area contributed by atoms with Gasteiger partial charge in [-0.3, -0.25) is 9.59 Å². The van der Waals surface area contributed by atoms with Crippen LogP contribution in [0.25, 0.3) is 0 Å². The molecule has 2 heterocycles. The molecule has 0 unspecified atom stereocenters. The number of hydrogen-bond donors (Lipinski definition) is 3. The zero-order valence-electron chi connectivity index (χ0n) is 15.1. The largest absolute Gasteiger partial charge is 0.508 e. The van der Waals surface area contributed by atoms with Gasteiger partial charge in [0.1, 0.15) is 15.5 Å². The molecule has 3 rings (SSSR count). The fourth-order valence-electron chi connectivity index (χ4n) is 2.88. The number of rotatable bonds is 7. The van der Waals surface area contributed by atoms with Crippen molar-refractivity contribution in [2.75, 3.05) is 26.2 Å². The summed E-state index contributed by atoms with van der Waals surface area (Å²) in [6, 6.07) is 7.26. The first-order valence-corrected chi connectivity index (χ1v) is 11.1. The molecule has 1 aliphatic heterocycles. The first-order chi connectivity index (χ1) is 13.4. The lowest BCUT2D eigenvalue weighted by molar-refractivity contribution is 0.0928. The standard InChI is InChI=1S/C18H21N3O5S2/c22-14-5-3-13(4-6-14)17(23)19-8-9-20-18(24)16-15(7-12-27-16)28(25,26)21-10-1-2-11-21/h3-7,12,22H,1-2,8-11H2,(H,19,23)(H,20,24). The third-order valence-corrected chi connectivity index (χ3v) is 7.33. The van der Waals surface area contributed by atoms with E-state index < -0.39 is 15.9 Å². The van der Waals surface area contributed by atoms with Gasteiger partial charge in [-0.2, -0.15) is 4.31 Å². The molecular weight excluding hydrogens is 402 g/mol. The summed E-state index contributed by atoms with van der Waals surface area (Å²) in [7, 11) is -3.66. The number of phenolic OH excluding ortho intramolecular Hbond substituents is 1. The third-order valence-electron chi connectivity index (χ3n) is 4.34. The molecule has 0 saturated carbocycles. The third kappa shape index (κ3) is 4.51. The van der Waals surface area contributed by atoms with E-state index in [0.29, 0.717) is 18.7 Å². The number of hydrogen-bond acceptors (Lipinski definition) is 6. The van der Waals surface area contributed by atoms with Crippen molar-refractivity contribution in [1.29, 1.82) is 0 Å². The second-order valence-electron chi connectivity index (χ2n) is 6.28. The zero-order chi connectivity index (χ0) is 20.1. The summed E-state index contributed by atoms with van der Waals surface area (Å²) in [4.78, 5) is 24.6. The highest BCUT2D eigenvalue weighted by molar-refractivity contribution is 7.89. The smallest absolute Gasteiger partial charge is 0.262 e. The molecule has 0 bridgehead atoms. The Bertz CT molecular complexity index is 948. The van der Waals surface area contributed by atoms with Crippen LogP contribution in [-0.4, -0.2) is 55.8 Å². The summed E-state index contributed by atoms with van der Waals surface area (Å²) in [5, 5.41) is 16.1. The summed E-state index contributed by atoms with van der Waals surface area (Å²) in [6.07, 6.45) is 1.65. The molecule has 0 radical (unpaired) electrons. The SMILES string of the molecule is O=C(NCCNC(=O)c1sccc1S(=O)(=O)N1CCCC1)c1ccc(O)cc1. The quantitative estimate of drug-likeness (QED) is 0.582. The molecule has 1 aliphatic rings. The number of nitrogens with one attached hydrogen (secondary N) is 2. The van der Waals surface area contributed by atoms with Gasteiger partial charge in [0.25, 0.3) is 11.8 Å². The first-order valence-electron chi connectivity index (χ1n) is 8.82. The van der Waals surface area contributed by atoms with E-state index in [9.17, 15) is 23.1 Å². The summed E-state index contributed by atoms with van der Waals surface area (Å²) >= 11 is 1.08. The van der Waals surface area contributed by atoms with Crippen LogP contribution in [0.15, 0.2) is 40.6 Å². The second-order valence-corrected chi connectivity index (χ2v) is 9.11. The van der Waals surface area contributed by atoms with Crippen LogP contribution in [0, 0.1) is 0 Å². The van der Waals surface area contributed by atoms with Crippen LogP contribution in [-0.2, 0) is 10.0 Å². The number of aromatic hydroxyl groups is 1. The Morgan fingerprint density at radius 1 is 1.00 bits per heavy atom. The fourth-order valence-corrected chi connectivity index (χ4v) is 5.72. The lowest BCUT2D eigenvalue weighted by Crippen LogP contribution is -2.35. The number of phenols is 1. The average Bonchev–Trinajstić information content (AvgIpc) is 3.37. The predicted molar refractivity (Wildman–Crippen MR) is 105 cm³/mol. The van der Waals surface area contributed by atoms with Crippen molar-refractivity contribution in [3.8, 4) is 5.75 Å². The molecule has 1 saturated heterocycles. The van der Waals surface area contributed by atoms with Gasteiger partial charge in [-0.25, -0.2) is 8.42 Å². The van der Waals surface area contributed by atoms with E-state index in [0.717, 1.165) is 24.2 Å². The minimum Gasteiger partial charge on any atom is -0.508 e. The van der Waals surface area contributed by atoms with Crippen LogP contribution in [0.1, 0.15) is 32.9 Å². The molecule has 2 aromatic rings. The predicted octanol–water partition coefficient (Wildman–Crippen LogP) is 1.40. The van der Waals surface area contributed by atoms with Gasteiger partial charge in [-0.1, -0.05) is 0 Å². The number of amides is 2. The zero-order valence-corrected chi connectivity index (χ0v) is 16.7. The van der Waals surface area contributed by atoms with Gasteiger partial charge in [0.15, 0.2) is 0 Å². The number of benzene rings is 1. The van der Waals surface area contributed by atoms with Crippen molar-refractivity contribution in [2.45, 2.75) is 17.7 Å². The number of carbonyl (C=O) groups excluding carboxylic acids is 2. The van der Waals surface area contributed by atoms with Crippen LogP contribution in [0.5, 0.6) is 5.75 Å². The van der Waals surface area contributed by atoms with Gasteiger partial charge in [0, 0.05) is 31.7 Å². The van der Waals surface area contributed by atoms with Crippen molar-refractivity contribution < 1.29 is 23.1 Å². The van der Waals surface area contributed by atoms with Crippen LogP contribution >= 0.6 is 11.3 Å². The molecule has 8 nitrogen and oxygen atoms in total. The molecular formula is C18H21N3O5S2. The summed E-state index contributed by atoms with van der Waals surface area (Å²) < 4.78 is 26.8.